The summed E-state index contributed by atoms with van der Waals surface area (Å²) in [6.07, 6.45) is 5.98. The van der Waals surface area contributed by atoms with Crippen LogP contribution in [0.1, 0.15) is 32.6 Å². The second-order valence-electron chi connectivity index (χ2n) is 2.48. The maximum absolute atomic E-state index is 7.50. The van der Waals surface area contributed by atoms with Crippen molar-refractivity contribution in [2.24, 2.45) is 0 Å². The molecule has 0 aromatic rings. The minimum absolute atomic E-state index is 0. The van der Waals surface area contributed by atoms with E-state index < -0.39 is 0 Å². The second kappa shape index (κ2) is 161. The van der Waals surface area contributed by atoms with Gasteiger partial charge >= 0.3 is 67.8 Å². The molecule has 0 spiro atoms. The van der Waals surface area contributed by atoms with Crippen LogP contribution in [0, 0.1) is 51.7 Å². The number of ether oxygens (including phenoxy) is 1. The normalized spacial score (nSPS) is 4.50. The van der Waals surface area contributed by atoms with Crippen molar-refractivity contribution in [2.75, 3.05) is 13.2 Å². The van der Waals surface area contributed by atoms with Crippen LogP contribution in [0.15, 0.2) is 12.7 Å². The average Bonchev–Trinajstić information content (AvgIpc) is 2.73. The Morgan fingerprint density at radius 3 is 1.42 bits per heavy atom. The quantitative estimate of drug-likeness (QED) is 0.198. The second-order valence-corrected chi connectivity index (χ2v) is 2.48. The number of rotatable bonds is 6. The van der Waals surface area contributed by atoms with Crippen molar-refractivity contribution in [1.82, 2.24) is 0 Å². The first kappa shape index (κ1) is 56.3. The van der Waals surface area contributed by atoms with Gasteiger partial charge in [-0.25, -0.2) is 0 Å². The molecule has 0 saturated heterocycles. The van der Waals surface area contributed by atoms with Gasteiger partial charge in [-0.05, 0) is 19.8 Å². The smallest absolute Gasteiger partial charge is 0 e. The number of hydrogen-bond donors (Lipinski definition) is 0. The van der Waals surface area contributed by atoms with Crippen molar-refractivity contribution in [1.29, 1.82) is 0 Å². The summed E-state index contributed by atoms with van der Waals surface area (Å²) in [5.74, 6) is 6.17. The van der Waals surface area contributed by atoms with Crippen molar-refractivity contribution in [2.45, 2.75) is 32.6 Å². The van der Waals surface area contributed by atoms with Crippen LogP contribution in [-0.2, 0) is 66.2 Å². The van der Waals surface area contributed by atoms with Crippen LogP contribution in [0.4, 0.5) is 0 Å². The van der Waals surface area contributed by atoms with Crippen LogP contribution in [0.2, 0.25) is 0 Å². The first-order valence-electron chi connectivity index (χ1n) is 5.78. The van der Waals surface area contributed by atoms with Crippen molar-refractivity contribution >= 4 is 0 Å². The third-order valence-electron chi connectivity index (χ3n) is 1.41. The number of hydrogen-bond acceptors (Lipinski definition) is 1. The molecule has 2 radical (unpaired) electrons. The Kier molecular flexibility index (Phi) is 349. The Morgan fingerprint density at radius 1 is 0.769 bits per heavy atom. The van der Waals surface area contributed by atoms with Gasteiger partial charge in [0.1, 0.15) is 0 Å². The van der Waals surface area contributed by atoms with Gasteiger partial charge in [-0.2, -0.15) is 0 Å². The van der Waals surface area contributed by atoms with Gasteiger partial charge < -0.3 is 4.74 Å². The molecule has 0 aromatic heterocycles. The van der Waals surface area contributed by atoms with E-state index in [0.717, 1.165) is 38.9 Å². The molecule has 0 aliphatic rings. The molecule has 0 fully saturated rings. The van der Waals surface area contributed by atoms with E-state index in [1.807, 2.05) is 13.0 Å². The van der Waals surface area contributed by atoms with Gasteiger partial charge in [0.2, 0.25) is 0 Å². The van der Waals surface area contributed by atoms with Gasteiger partial charge in [0.25, 0.3) is 0 Å². The van der Waals surface area contributed by atoms with E-state index in [0.29, 0.717) is 0 Å². The zero-order chi connectivity index (χ0) is 21.1. The van der Waals surface area contributed by atoms with Crippen LogP contribution in [0.5, 0.6) is 0 Å². The topological polar surface area (TPSA) is 129 Å². The minimum atomic E-state index is 0. The predicted molar refractivity (Wildman–Crippen MR) is 76.5 cm³/mol. The van der Waals surface area contributed by atoms with Gasteiger partial charge in [-0.3, -0.25) is 0 Å². The first-order valence-corrected chi connectivity index (χ1v) is 5.78. The Morgan fingerprint density at radius 2 is 1.12 bits per heavy atom. The molecule has 0 aromatic carbocycles. The maximum atomic E-state index is 7.50. The van der Waals surface area contributed by atoms with E-state index in [4.69, 9.17) is 32.6 Å². The molecule has 0 heterocycles. The third kappa shape index (κ3) is 180. The van der Waals surface area contributed by atoms with Crippen LogP contribution >= 0.6 is 0 Å². The molecule has 0 aliphatic heterocycles. The van der Waals surface area contributed by atoms with Crippen molar-refractivity contribution in [3.05, 3.63) is 52.6 Å². The average molecular weight is 452 g/mol. The zero-order valence-corrected chi connectivity index (χ0v) is 16.1. The summed E-state index contributed by atoms with van der Waals surface area (Å²) in [6, 6.07) is 0. The maximum Gasteiger partial charge on any atom is 0 e. The SMILES string of the molecule is C=CCCCC#CCCOCC.[C-]#[O+].[C-]#[O+].[C-]#[O+].[C-]#[O+].[C-]#[O+].[C-]#[O+].[Co].[Co]. The van der Waals surface area contributed by atoms with E-state index in [2.05, 4.69) is 58.3 Å². The van der Waals surface area contributed by atoms with Crippen molar-refractivity contribution in [3.8, 4) is 11.8 Å². The molecule has 0 N–H and O–H groups in total. The molecule has 0 amide bonds. The Bertz CT molecular complexity index is 325. The fourth-order valence-electron chi connectivity index (χ4n) is 0.779. The Hall–Kier alpha value is -1.29. The van der Waals surface area contributed by atoms with Crippen LogP contribution in [0.25, 0.3) is 0 Å². The van der Waals surface area contributed by atoms with Crippen LogP contribution < -0.4 is 0 Å². The molecule has 0 aliphatic carbocycles. The third-order valence-corrected chi connectivity index (χ3v) is 1.41. The summed E-state index contributed by atoms with van der Waals surface area (Å²) in [5, 5.41) is 0. The van der Waals surface area contributed by atoms with Gasteiger partial charge in [-0.15, -0.1) is 18.4 Å². The molecule has 0 unspecified atom stereocenters. The summed E-state index contributed by atoms with van der Waals surface area (Å²) in [7, 11) is 0. The molecule has 0 saturated carbocycles. The summed E-state index contributed by atoms with van der Waals surface area (Å²) >= 11 is 0. The first-order chi connectivity index (χ1) is 11.9. The molecule has 0 bridgehead atoms. The van der Waals surface area contributed by atoms with Gasteiger partial charge in [-0.1, -0.05) is 6.08 Å². The molecule has 146 valence electrons. The van der Waals surface area contributed by atoms with Gasteiger partial charge in [0.15, 0.2) is 0 Å². The molecule has 7 nitrogen and oxygen atoms in total. The van der Waals surface area contributed by atoms with Crippen LogP contribution in [-0.4, -0.2) is 13.2 Å². The molecule has 9 heteroatoms. The largest absolute Gasteiger partial charge is 0 e. The van der Waals surface area contributed by atoms with E-state index in [1.165, 1.54) is 0 Å². The predicted octanol–water partition coefficient (Wildman–Crippen LogP) is 2.54. The molecule has 26 heavy (non-hydrogen) atoms. The molecular formula is C17H18Co2O7. The fourth-order valence-corrected chi connectivity index (χ4v) is 0.779. The van der Waals surface area contributed by atoms with Gasteiger partial charge in [0.05, 0.1) is 6.61 Å². The summed E-state index contributed by atoms with van der Waals surface area (Å²) in [5.41, 5.74) is 0. The minimum Gasteiger partial charge on any atom is 0 e. The van der Waals surface area contributed by atoms with E-state index >= 15 is 0 Å². The molecular weight excluding hydrogens is 434 g/mol. The Labute approximate surface area is 176 Å². The van der Waals surface area contributed by atoms with Crippen molar-refractivity contribution < 1.29 is 66.2 Å². The molecule has 0 rings (SSSR count). The van der Waals surface area contributed by atoms with Gasteiger partial charge in [0, 0.05) is 53.0 Å². The van der Waals surface area contributed by atoms with Crippen LogP contribution in [0.3, 0.4) is 0 Å². The van der Waals surface area contributed by atoms with E-state index in [-0.39, 0.29) is 33.6 Å². The number of unbranched alkanes of at least 4 members (excludes halogenated alkanes) is 2. The standard InChI is InChI=1S/C11H18O.6CO.2Co/c1-3-5-6-7-8-9-10-11-12-4-2;6*1-2;;/h3H,1,4-7,10-11H2,2H3;;;;;;;;. The summed E-state index contributed by atoms with van der Waals surface area (Å²) < 4.78 is 50.1. The summed E-state index contributed by atoms with van der Waals surface area (Å²) in [6.45, 7) is 34.2. The van der Waals surface area contributed by atoms with E-state index in [9.17, 15) is 0 Å². The Balaban J connectivity index is -0.0000000252. The van der Waals surface area contributed by atoms with E-state index in [1.54, 1.807) is 0 Å². The van der Waals surface area contributed by atoms with Crippen molar-refractivity contribution in [3.63, 3.8) is 0 Å². The summed E-state index contributed by atoms with van der Waals surface area (Å²) in [4.78, 5) is 0. The number of allylic oxidation sites excluding steroid dienone is 1. The monoisotopic (exact) mass is 452 g/mol. The molecule has 0 atom stereocenters. The fraction of sp³-hybridized carbons (Fsp3) is 0.412. The zero-order valence-electron chi connectivity index (χ0n) is 14.1.